The predicted octanol–water partition coefficient (Wildman–Crippen LogP) is 4.43. The van der Waals surface area contributed by atoms with E-state index < -0.39 is 11.9 Å². The summed E-state index contributed by atoms with van der Waals surface area (Å²) >= 11 is 0. The molecular formula is C31H28N4O4. The molecule has 0 fully saturated rings. The minimum atomic E-state index is -0.669. The fourth-order valence-corrected chi connectivity index (χ4v) is 4.49. The van der Waals surface area contributed by atoms with Crippen LogP contribution in [-0.4, -0.2) is 32.4 Å². The summed E-state index contributed by atoms with van der Waals surface area (Å²) in [6.45, 7) is 6.04. The Labute approximate surface area is 224 Å². The van der Waals surface area contributed by atoms with Crippen LogP contribution in [0.15, 0.2) is 88.8 Å². The van der Waals surface area contributed by atoms with Crippen molar-refractivity contribution in [2.75, 3.05) is 6.61 Å². The number of carbonyl (C=O) groups excluding carboxylic acids is 2. The number of aromatic nitrogens is 3. The highest BCUT2D eigenvalue weighted by molar-refractivity contribution is 5.97. The van der Waals surface area contributed by atoms with Crippen molar-refractivity contribution < 1.29 is 14.3 Å². The number of hydrogen-bond donors (Lipinski definition) is 0. The second kappa shape index (κ2) is 10.9. The second-order valence-electron chi connectivity index (χ2n) is 9.29. The quantitative estimate of drug-likeness (QED) is 0.244. The predicted molar refractivity (Wildman–Crippen MR) is 149 cm³/mol. The topological polar surface area (TPSA) is 95.0 Å². The van der Waals surface area contributed by atoms with Gasteiger partial charge in [-0.05, 0) is 74.2 Å². The number of rotatable bonds is 6. The Hall–Kier alpha value is -4.85. The van der Waals surface area contributed by atoms with E-state index in [1.165, 1.54) is 10.5 Å². The lowest BCUT2D eigenvalue weighted by Gasteiger charge is -2.15. The highest BCUT2D eigenvalue weighted by Gasteiger charge is 2.20. The van der Waals surface area contributed by atoms with Gasteiger partial charge >= 0.3 is 5.97 Å². The highest BCUT2D eigenvalue weighted by Crippen LogP contribution is 2.14. The van der Waals surface area contributed by atoms with Crippen molar-refractivity contribution in [3.8, 4) is 0 Å². The molecule has 0 atom stereocenters. The molecule has 1 amide bonds. The van der Waals surface area contributed by atoms with E-state index in [0.717, 1.165) is 16.7 Å². The number of hydrogen-bond acceptors (Lipinski definition) is 5. The first kappa shape index (κ1) is 25.8. The minimum absolute atomic E-state index is 0.0318. The zero-order valence-corrected chi connectivity index (χ0v) is 22.0. The summed E-state index contributed by atoms with van der Waals surface area (Å²) < 4.78 is 8.44. The second-order valence-corrected chi connectivity index (χ2v) is 9.29. The summed E-state index contributed by atoms with van der Waals surface area (Å²) in [5.74, 6) is -1.17. The first-order valence-electron chi connectivity index (χ1n) is 12.8. The third kappa shape index (κ3) is 5.13. The smallest absolute Gasteiger partial charge is 0.341 e. The molecule has 3 aromatic heterocycles. The van der Waals surface area contributed by atoms with Crippen LogP contribution in [0, 0.1) is 13.8 Å². The molecule has 0 radical (unpaired) electrons. The van der Waals surface area contributed by atoms with Gasteiger partial charge in [-0.3, -0.25) is 14.0 Å². The zero-order valence-electron chi connectivity index (χ0n) is 22.0. The van der Waals surface area contributed by atoms with Gasteiger partial charge in [0.2, 0.25) is 0 Å². The van der Waals surface area contributed by atoms with Crippen molar-refractivity contribution in [1.29, 1.82) is 0 Å². The van der Waals surface area contributed by atoms with Crippen LogP contribution in [0.2, 0.25) is 0 Å². The maximum Gasteiger partial charge on any atom is 0.341 e. The van der Waals surface area contributed by atoms with Gasteiger partial charge in [0.15, 0.2) is 5.49 Å². The largest absolute Gasteiger partial charge is 0.462 e. The summed E-state index contributed by atoms with van der Waals surface area (Å²) in [6, 6.07) is 21.9. The monoisotopic (exact) mass is 520 g/mol. The number of pyridine rings is 2. The van der Waals surface area contributed by atoms with Crippen LogP contribution in [-0.2, 0) is 17.7 Å². The Balaban J connectivity index is 1.83. The first-order valence-corrected chi connectivity index (χ1v) is 12.8. The van der Waals surface area contributed by atoms with Crippen LogP contribution in [0.3, 0.4) is 0 Å². The van der Waals surface area contributed by atoms with E-state index in [2.05, 4.69) is 4.99 Å². The normalized spacial score (nSPS) is 11.7. The Kier molecular flexibility index (Phi) is 7.19. The number of aryl methyl sites for hydroxylation is 4. The molecule has 0 aliphatic heterocycles. The van der Waals surface area contributed by atoms with Gasteiger partial charge < -0.3 is 9.30 Å². The van der Waals surface area contributed by atoms with Gasteiger partial charge in [-0.25, -0.2) is 9.78 Å². The molecule has 0 unspecified atom stereocenters. The van der Waals surface area contributed by atoms with Gasteiger partial charge in [-0.15, -0.1) is 0 Å². The van der Waals surface area contributed by atoms with Gasteiger partial charge in [0.05, 0.1) is 12.0 Å². The number of carbonyl (C=O) groups is 2. The third-order valence-corrected chi connectivity index (χ3v) is 6.71. The van der Waals surface area contributed by atoms with Crippen molar-refractivity contribution in [3.63, 3.8) is 0 Å². The van der Waals surface area contributed by atoms with Crippen LogP contribution < -0.4 is 11.0 Å². The van der Waals surface area contributed by atoms with Crippen LogP contribution >= 0.6 is 0 Å². The fraction of sp³-hybridized carbons (Fsp3) is 0.194. The summed E-state index contributed by atoms with van der Waals surface area (Å²) in [7, 11) is 0. The molecule has 8 nitrogen and oxygen atoms in total. The Morgan fingerprint density at radius 1 is 0.949 bits per heavy atom. The van der Waals surface area contributed by atoms with E-state index in [1.54, 1.807) is 48.0 Å². The van der Waals surface area contributed by atoms with Crippen molar-refractivity contribution in [2.45, 2.75) is 33.7 Å². The standard InChI is InChI=1S/C31H28N4O4/c1-4-39-31(38)25-19-24-27(32-26-12-8-9-16-34(26)30(24)37)35(17-15-22-10-6-5-7-11-22)28(25)33-29(36)23-14-13-20(2)21(3)18-23/h5-14,16,18-19H,4,15,17H2,1-3H3. The molecule has 0 saturated heterocycles. The molecule has 0 spiro atoms. The van der Waals surface area contributed by atoms with Gasteiger partial charge in [0, 0.05) is 18.3 Å². The van der Waals surface area contributed by atoms with Gasteiger partial charge in [0.1, 0.15) is 16.9 Å². The summed E-state index contributed by atoms with van der Waals surface area (Å²) in [4.78, 5) is 49.4. The summed E-state index contributed by atoms with van der Waals surface area (Å²) in [5.41, 5.74) is 4.04. The van der Waals surface area contributed by atoms with Crippen molar-refractivity contribution in [3.05, 3.63) is 123 Å². The average Bonchev–Trinajstić information content (AvgIpc) is 2.94. The van der Waals surface area contributed by atoms with E-state index in [4.69, 9.17) is 9.72 Å². The first-order chi connectivity index (χ1) is 18.9. The van der Waals surface area contributed by atoms with E-state index in [1.807, 2.05) is 50.2 Å². The van der Waals surface area contributed by atoms with Crippen LogP contribution in [0.25, 0.3) is 16.7 Å². The molecule has 3 heterocycles. The SMILES string of the molecule is CCOC(=O)c1cc2c(=O)n3ccccc3nc2n(CCc2ccccc2)c1=NC(=O)c1ccc(C)c(C)c1. The van der Waals surface area contributed by atoms with E-state index in [0.29, 0.717) is 29.8 Å². The van der Waals surface area contributed by atoms with Gasteiger partial charge in [-0.1, -0.05) is 42.5 Å². The van der Waals surface area contributed by atoms with Gasteiger partial charge in [0.25, 0.3) is 11.5 Å². The van der Waals surface area contributed by atoms with Crippen molar-refractivity contribution in [2.24, 2.45) is 4.99 Å². The molecule has 39 heavy (non-hydrogen) atoms. The van der Waals surface area contributed by atoms with Crippen LogP contribution in [0.5, 0.6) is 0 Å². The van der Waals surface area contributed by atoms with E-state index in [9.17, 15) is 14.4 Å². The third-order valence-electron chi connectivity index (χ3n) is 6.71. The summed E-state index contributed by atoms with van der Waals surface area (Å²) in [6.07, 6.45) is 2.19. The maximum absolute atomic E-state index is 13.5. The Morgan fingerprint density at radius 2 is 1.72 bits per heavy atom. The Morgan fingerprint density at radius 3 is 2.46 bits per heavy atom. The molecule has 8 heteroatoms. The van der Waals surface area contributed by atoms with Crippen molar-refractivity contribution >= 4 is 28.6 Å². The minimum Gasteiger partial charge on any atom is -0.462 e. The number of esters is 1. The lowest BCUT2D eigenvalue weighted by Crippen LogP contribution is -2.33. The fourth-order valence-electron chi connectivity index (χ4n) is 4.49. The Bertz CT molecular complexity index is 1850. The zero-order chi connectivity index (χ0) is 27.5. The van der Waals surface area contributed by atoms with Crippen LogP contribution in [0.4, 0.5) is 0 Å². The van der Waals surface area contributed by atoms with Gasteiger partial charge in [-0.2, -0.15) is 4.99 Å². The van der Waals surface area contributed by atoms with E-state index >= 15 is 0 Å². The molecule has 0 bridgehead atoms. The molecule has 5 rings (SSSR count). The average molecular weight is 521 g/mol. The molecule has 2 aromatic carbocycles. The molecule has 196 valence electrons. The number of ether oxygens (including phenoxy) is 1. The molecule has 0 aliphatic carbocycles. The number of amides is 1. The maximum atomic E-state index is 13.5. The van der Waals surface area contributed by atoms with E-state index in [-0.39, 0.29) is 28.6 Å². The number of fused-ring (bicyclic) bond motifs is 2. The molecule has 0 aliphatic rings. The molecule has 0 N–H and O–H groups in total. The van der Waals surface area contributed by atoms with Crippen LogP contribution in [0.1, 0.15) is 44.3 Å². The van der Waals surface area contributed by atoms with Crippen molar-refractivity contribution in [1.82, 2.24) is 14.0 Å². The molecular weight excluding hydrogens is 492 g/mol. The summed E-state index contributed by atoms with van der Waals surface area (Å²) in [5, 5.41) is 0.229. The molecule has 0 saturated carbocycles. The lowest BCUT2D eigenvalue weighted by molar-refractivity contribution is 0.0523. The number of nitrogens with zero attached hydrogens (tertiary/aromatic N) is 4. The molecule has 5 aromatic rings. The highest BCUT2D eigenvalue weighted by atomic mass is 16.5. The number of benzene rings is 2. The lowest BCUT2D eigenvalue weighted by atomic mass is 10.1.